The van der Waals surface area contributed by atoms with Crippen molar-refractivity contribution in [3.63, 3.8) is 0 Å². The van der Waals surface area contributed by atoms with E-state index in [1.54, 1.807) is 6.07 Å². The van der Waals surface area contributed by atoms with Crippen LogP contribution in [-0.4, -0.2) is 27.3 Å². The van der Waals surface area contributed by atoms with Crippen LogP contribution in [0.4, 0.5) is 14.5 Å². The van der Waals surface area contributed by atoms with Crippen molar-refractivity contribution in [2.45, 2.75) is 32.2 Å². The topological polar surface area (TPSA) is 69.0 Å². The number of rotatable bonds is 5. The van der Waals surface area contributed by atoms with Crippen LogP contribution in [0.15, 0.2) is 42.5 Å². The lowest BCUT2D eigenvalue weighted by atomic mass is 10.1. The van der Waals surface area contributed by atoms with Crippen molar-refractivity contribution in [2.75, 3.05) is 11.9 Å². The highest BCUT2D eigenvalue weighted by Crippen LogP contribution is 2.27. The SMILES string of the molecule is O=C(COc1ccc(F)cc1)Nc1ccc(F)c(-c2nnc3n2CCCCC3)c1. The van der Waals surface area contributed by atoms with E-state index in [4.69, 9.17) is 4.74 Å². The number of aryl methyl sites for hydroxylation is 1. The molecule has 0 atom stereocenters. The summed E-state index contributed by atoms with van der Waals surface area (Å²) in [6.45, 7) is 0.498. The summed E-state index contributed by atoms with van der Waals surface area (Å²) in [5, 5.41) is 11.1. The van der Waals surface area contributed by atoms with Crippen molar-refractivity contribution in [2.24, 2.45) is 0 Å². The van der Waals surface area contributed by atoms with Gasteiger partial charge in [0.2, 0.25) is 0 Å². The fourth-order valence-corrected chi connectivity index (χ4v) is 3.34. The first-order valence-corrected chi connectivity index (χ1v) is 9.50. The largest absolute Gasteiger partial charge is 0.484 e. The quantitative estimate of drug-likeness (QED) is 0.706. The molecule has 4 rings (SSSR count). The molecule has 0 unspecified atom stereocenters. The van der Waals surface area contributed by atoms with E-state index in [0.29, 0.717) is 22.8 Å². The zero-order valence-electron chi connectivity index (χ0n) is 15.7. The molecule has 0 saturated heterocycles. The summed E-state index contributed by atoms with van der Waals surface area (Å²) in [6, 6.07) is 9.71. The Morgan fingerprint density at radius 1 is 1.07 bits per heavy atom. The molecule has 2 heterocycles. The third-order valence-corrected chi connectivity index (χ3v) is 4.78. The van der Waals surface area contributed by atoms with Crippen molar-refractivity contribution in [1.82, 2.24) is 14.8 Å². The zero-order valence-corrected chi connectivity index (χ0v) is 15.7. The minimum atomic E-state index is -0.426. The first-order chi connectivity index (χ1) is 14.1. The summed E-state index contributed by atoms with van der Waals surface area (Å²) in [6.07, 6.45) is 3.97. The normalized spacial score (nSPS) is 13.4. The molecule has 8 heteroatoms. The Morgan fingerprint density at radius 3 is 2.72 bits per heavy atom. The summed E-state index contributed by atoms with van der Waals surface area (Å²) in [7, 11) is 0. The van der Waals surface area contributed by atoms with Gasteiger partial charge in [0.25, 0.3) is 5.91 Å². The summed E-state index contributed by atoms with van der Waals surface area (Å²) < 4.78 is 34.7. The molecule has 1 N–H and O–H groups in total. The number of ether oxygens (including phenoxy) is 1. The van der Waals surface area contributed by atoms with Gasteiger partial charge >= 0.3 is 0 Å². The van der Waals surface area contributed by atoms with Crippen molar-refractivity contribution in [3.8, 4) is 17.1 Å². The number of halogens is 2. The smallest absolute Gasteiger partial charge is 0.262 e. The van der Waals surface area contributed by atoms with E-state index in [9.17, 15) is 13.6 Å². The predicted octanol–water partition coefficient (Wildman–Crippen LogP) is 3.97. The Bertz CT molecular complexity index is 1020. The van der Waals surface area contributed by atoms with Crippen LogP contribution in [0, 0.1) is 11.6 Å². The van der Waals surface area contributed by atoms with Crippen molar-refractivity contribution in [1.29, 1.82) is 0 Å². The van der Waals surface area contributed by atoms with E-state index < -0.39 is 11.7 Å². The number of fused-ring (bicyclic) bond motifs is 1. The van der Waals surface area contributed by atoms with Crippen molar-refractivity contribution >= 4 is 11.6 Å². The molecule has 29 heavy (non-hydrogen) atoms. The van der Waals surface area contributed by atoms with Gasteiger partial charge in [-0.25, -0.2) is 8.78 Å². The van der Waals surface area contributed by atoms with Crippen molar-refractivity contribution < 1.29 is 18.3 Å². The number of hydrogen-bond acceptors (Lipinski definition) is 4. The lowest BCUT2D eigenvalue weighted by molar-refractivity contribution is -0.118. The number of aromatic nitrogens is 3. The molecule has 1 amide bonds. The summed E-state index contributed by atoms with van der Waals surface area (Å²) >= 11 is 0. The van der Waals surface area contributed by atoms with Gasteiger partial charge in [0.05, 0.1) is 5.56 Å². The van der Waals surface area contributed by atoms with Gasteiger partial charge in [-0.15, -0.1) is 10.2 Å². The highest BCUT2D eigenvalue weighted by molar-refractivity contribution is 5.92. The highest BCUT2D eigenvalue weighted by Gasteiger charge is 2.19. The van der Waals surface area contributed by atoms with Crippen molar-refractivity contribution in [3.05, 3.63) is 59.9 Å². The molecule has 1 aliphatic rings. The molecule has 0 aliphatic carbocycles. The number of carbonyl (C=O) groups is 1. The number of amides is 1. The van der Waals surface area contributed by atoms with Crippen LogP contribution in [0.25, 0.3) is 11.4 Å². The highest BCUT2D eigenvalue weighted by atomic mass is 19.1. The maximum absolute atomic E-state index is 14.5. The van der Waals surface area contributed by atoms with Crippen LogP contribution in [0.5, 0.6) is 5.75 Å². The number of carbonyl (C=O) groups excluding carboxylic acids is 1. The van der Waals surface area contributed by atoms with Gasteiger partial charge in [-0.05, 0) is 55.3 Å². The van der Waals surface area contributed by atoms with Gasteiger partial charge in [0.1, 0.15) is 23.2 Å². The van der Waals surface area contributed by atoms with E-state index in [2.05, 4.69) is 15.5 Å². The number of hydrogen-bond donors (Lipinski definition) is 1. The first-order valence-electron chi connectivity index (χ1n) is 9.50. The Kier molecular flexibility index (Phi) is 5.50. The van der Waals surface area contributed by atoms with E-state index in [0.717, 1.165) is 38.1 Å². The van der Waals surface area contributed by atoms with Gasteiger partial charge in [-0.2, -0.15) is 0 Å². The number of nitrogens with zero attached hydrogens (tertiary/aromatic N) is 3. The van der Waals surface area contributed by atoms with E-state index in [1.807, 2.05) is 4.57 Å². The second-order valence-corrected chi connectivity index (χ2v) is 6.89. The first kappa shape index (κ1) is 19.0. The monoisotopic (exact) mass is 398 g/mol. The maximum atomic E-state index is 14.5. The van der Waals surface area contributed by atoms with Crippen LogP contribution >= 0.6 is 0 Å². The Labute approximate surface area is 166 Å². The van der Waals surface area contributed by atoms with Crippen LogP contribution < -0.4 is 10.1 Å². The van der Waals surface area contributed by atoms with Crippen LogP contribution in [-0.2, 0) is 17.8 Å². The third kappa shape index (κ3) is 4.42. The number of anilines is 1. The fraction of sp³-hybridized carbons (Fsp3) is 0.286. The molecule has 1 aromatic heterocycles. The van der Waals surface area contributed by atoms with Gasteiger partial charge in [-0.3, -0.25) is 4.79 Å². The van der Waals surface area contributed by atoms with Gasteiger partial charge < -0.3 is 14.6 Å². The second kappa shape index (κ2) is 8.38. The zero-order chi connectivity index (χ0) is 20.2. The summed E-state index contributed by atoms with van der Waals surface area (Å²) in [5.74, 6) is 0.494. The van der Waals surface area contributed by atoms with Gasteiger partial charge in [0, 0.05) is 18.7 Å². The van der Waals surface area contributed by atoms with E-state index in [-0.39, 0.29) is 12.4 Å². The second-order valence-electron chi connectivity index (χ2n) is 6.89. The molecule has 6 nitrogen and oxygen atoms in total. The molecule has 0 bridgehead atoms. The summed E-state index contributed by atoms with van der Waals surface area (Å²) in [5.41, 5.74) is 0.725. The average molecular weight is 398 g/mol. The summed E-state index contributed by atoms with van der Waals surface area (Å²) in [4.78, 5) is 12.2. The van der Waals surface area contributed by atoms with Gasteiger partial charge in [0.15, 0.2) is 12.4 Å². The minimum Gasteiger partial charge on any atom is -0.484 e. The van der Waals surface area contributed by atoms with E-state index >= 15 is 0 Å². The lowest BCUT2D eigenvalue weighted by Crippen LogP contribution is -2.20. The molecular weight excluding hydrogens is 378 g/mol. The molecule has 0 spiro atoms. The molecular formula is C21H20F2N4O2. The molecule has 0 saturated carbocycles. The molecule has 0 fully saturated rings. The van der Waals surface area contributed by atoms with Gasteiger partial charge in [-0.1, -0.05) is 6.42 Å². The Morgan fingerprint density at radius 2 is 1.90 bits per heavy atom. The Hall–Kier alpha value is -3.29. The third-order valence-electron chi connectivity index (χ3n) is 4.78. The van der Waals surface area contributed by atoms with Crippen LogP contribution in [0.3, 0.4) is 0 Å². The van der Waals surface area contributed by atoms with E-state index in [1.165, 1.54) is 36.4 Å². The maximum Gasteiger partial charge on any atom is 0.262 e. The molecule has 3 aromatic rings. The average Bonchev–Trinajstić information content (AvgIpc) is 2.96. The number of benzene rings is 2. The molecule has 0 radical (unpaired) electrons. The number of nitrogens with one attached hydrogen (secondary N) is 1. The lowest BCUT2D eigenvalue weighted by Gasteiger charge is -2.11. The molecule has 150 valence electrons. The van der Waals surface area contributed by atoms with Crippen LogP contribution in [0.1, 0.15) is 25.1 Å². The Balaban J connectivity index is 1.48. The van der Waals surface area contributed by atoms with Crippen LogP contribution in [0.2, 0.25) is 0 Å². The minimum absolute atomic E-state index is 0.251. The predicted molar refractivity (Wildman–Crippen MR) is 103 cm³/mol. The molecule has 1 aliphatic heterocycles. The molecule has 2 aromatic carbocycles. The fourth-order valence-electron chi connectivity index (χ4n) is 3.34. The standard InChI is InChI=1S/C21H20F2N4O2/c22-14-5-8-16(9-6-14)29-13-20(28)24-15-7-10-18(23)17(12-15)21-26-25-19-4-2-1-3-11-27(19)21/h5-10,12H,1-4,11,13H2,(H,24,28).